The normalized spacial score (nSPS) is 25.1. The van der Waals surface area contributed by atoms with Crippen LogP contribution in [0.4, 0.5) is 0 Å². The predicted molar refractivity (Wildman–Crippen MR) is 46.9 cm³/mol. The van der Waals surface area contributed by atoms with Crippen LogP contribution in [0.5, 0.6) is 0 Å². The zero-order valence-corrected chi connectivity index (χ0v) is 7.64. The Bertz CT molecular complexity index is 184. The second kappa shape index (κ2) is 4.39. The molecule has 0 aromatic carbocycles. The molecular weight excluding hydrogens is 152 g/mol. The van der Waals surface area contributed by atoms with Crippen LogP contribution in [0, 0.1) is 5.92 Å². The number of rotatable bonds is 2. The molecule has 0 amide bonds. The van der Waals surface area contributed by atoms with E-state index >= 15 is 0 Å². The maximum atomic E-state index is 11.4. The van der Waals surface area contributed by atoms with Crippen LogP contribution in [0.25, 0.3) is 0 Å². The number of hydrogen-bond acceptors (Lipinski definition) is 2. The zero-order chi connectivity index (χ0) is 8.97. The first-order valence-corrected chi connectivity index (χ1v) is 4.81. The molecule has 12 heavy (non-hydrogen) atoms. The first-order chi connectivity index (χ1) is 5.75. The van der Waals surface area contributed by atoms with Crippen molar-refractivity contribution in [3.8, 4) is 0 Å². The first kappa shape index (κ1) is 9.43. The average molecular weight is 168 g/mol. The molecule has 0 bridgehead atoms. The van der Waals surface area contributed by atoms with Gasteiger partial charge in [-0.25, -0.2) is 0 Å². The van der Waals surface area contributed by atoms with Gasteiger partial charge in [0.15, 0.2) is 0 Å². The highest BCUT2D eigenvalue weighted by Crippen LogP contribution is 2.21. The van der Waals surface area contributed by atoms with Crippen LogP contribution in [0.2, 0.25) is 0 Å². The van der Waals surface area contributed by atoms with Gasteiger partial charge in [0.2, 0.25) is 0 Å². The average Bonchev–Trinajstić information content (AvgIpc) is 2.28. The number of Topliss-reactive ketones (excluding diaryl/α,β-unsaturated/α-hetero) is 2. The predicted octanol–water partition coefficient (Wildman–Crippen LogP) is 2.11. The molecule has 0 aromatic heterocycles. The monoisotopic (exact) mass is 168 g/mol. The third-order valence-electron chi connectivity index (χ3n) is 2.54. The lowest BCUT2D eigenvalue weighted by atomic mass is 9.93. The van der Waals surface area contributed by atoms with Gasteiger partial charge >= 0.3 is 0 Å². The van der Waals surface area contributed by atoms with E-state index in [1.165, 1.54) is 0 Å². The Labute approximate surface area is 73.3 Å². The third-order valence-corrected chi connectivity index (χ3v) is 2.54. The molecule has 0 radical (unpaired) electrons. The highest BCUT2D eigenvalue weighted by molar-refractivity contribution is 6.02. The molecule has 1 fully saturated rings. The van der Waals surface area contributed by atoms with Gasteiger partial charge in [0.25, 0.3) is 0 Å². The number of ketones is 2. The maximum absolute atomic E-state index is 11.4. The molecule has 1 aliphatic rings. The van der Waals surface area contributed by atoms with Gasteiger partial charge in [0.05, 0.1) is 5.92 Å². The van der Waals surface area contributed by atoms with E-state index in [0.29, 0.717) is 12.8 Å². The summed E-state index contributed by atoms with van der Waals surface area (Å²) in [5.41, 5.74) is 0. The van der Waals surface area contributed by atoms with Crippen molar-refractivity contribution >= 4 is 11.6 Å². The molecule has 0 N–H and O–H groups in total. The Hall–Kier alpha value is -0.660. The van der Waals surface area contributed by atoms with Crippen molar-refractivity contribution in [2.75, 3.05) is 0 Å². The van der Waals surface area contributed by atoms with Gasteiger partial charge in [-0.15, -0.1) is 0 Å². The van der Waals surface area contributed by atoms with E-state index in [4.69, 9.17) is 0 Å². The number of carbonyl (C=O) groups is 2. The fourth-order valence-electron chi connectivity index (χ4n) is 1.75. The van der Waals surface area contributed by atoms with Crippen molar-refractivity contribution in [2.24, 2.45) is 5.92 Å². The molecule has 0 spiro atoms. The van der Waals surface area contributed by atoms with Gasteiger partial charge in [-0.2, -0.15) is 0 Å². The fraction of sp³-hybridized carbons (Fsp3) is 0.800. The smallest absolute Gasteiger partial charge is 0.143 e. The Morgan fingerprint density at radius 1 is 1.42 bits per heavy atom. The highest BCUT2D eigenvalue weighted by atomic mass is 16.1. The lowest BCUT2D eigenvalue weighted by Crippen LogP contribution is -2.21. The van der Waals surface area contributed by atoms with Gasteiger partial charge in [-0.3, -0.25) is 9.59 Å². The van der Waals surface area contributed by atoms with Gasteiger partial charge < -0.3 is 0 Å². The van der Waals surface area contributed by atoms with Crippen molar-refractivity contribution in [3.05, 3.63) is 0 Å². The highest BCUT2D eigenvalue weighted by Gasteiger charge is 2.25. The summed E-state index contributed by atoms with van der Waals surface area (Å²) in [6.45, 7) is 1.83. The van der Waals surface area contributed by atoms with Crippen LogP contribution in [-0.4, -0.2) is 11.6 Å². The summed E-state index contributed by atoms with van der Waals surface area (Å²) in [4.78, 5) is 22.7. The van der Waals surface area contributed by atoms with E-state index in [2.05, 4.69) is 0 Å². The third kappa shape index (κ3) is 2.16. The van der Waals surface area contributed by atoms with Crippen LogP contribution in [0.15, 0.2) is 0 Å². The molecule has 0 aromatic rings. The fourth-order valence-corrected chi connectivity index (χ4v) is 1.75. The summed E-state index contributed by atoms with van der Waals surface area (Å²) < 4.78 is 0. The van der Waals surface area contributed by atoms with Crippen molar-refractivity contribution < 1.29 is 9.59 Å². The quantitative estimate of drug-likeness (QED) is 0.467. The van der Waals surface area contributed by atoms with Crippen LogP contribution >= 0.6 is 0 Å². The number of hydrogen-bond donors (Lipinski definition) is 0. The second-order valence-electron chi connectivity index (χ2n) is 3.44. The van der Waals surface area contributed by atoms with Gasteiger partial charge in [-0.05, 0) is 12.8 Å². The molecule has 1 atom stereocenters. The molecule has 1 aliphatic carbocycles. The summed E-state index contributed by atoms with van der Waals surface area (Å²) >= 11 is 0. The van der Waals surface area contributed by atoms with E-state index in [1.807, 2.05) is 6.92 Å². The molecule has 68 valence electrons. The van der Waals surface area contributed by atoms with Gasteiger partial charge in [-0.1, -0.05) is 19.8 Å². The molecular formula is C10H16O2. The molecule has 2 nitrogen and oxygen atoms in total. The summed E-state index contributed by atoms with van der Waals surface area (Å²) in [5, 5.41) is 0. The summed E-state index contributed by atoms with van der Waals surface area (Å²) in [6, 6.07) is 0. The SMILES string of the molecule is CCC(=O)C1CCCCCC1=O. The van der Waals surface area contributed by atoms with Crippen LogP contribution in [0.1, 0.15) is 45.4 Å². The Balaban J connectivity index is 2.59. The van der Waals surface area contributed by atoms with E-state index in [1.54, 1.807) is 0 Å². The molecule has 1 unspecified atom stereocenters. The molecule has 1 saturated carbocycles. The van der Waals surface area contributed by atoms with Crippen molar-refractivity contribution in [3.63, 3.8) is 0 Å². The van der Waals surface area contributed by atoms with E-state index < -0.39 is 0 Å². The van der Waals surface area contributed by atoms with E-state index in [0.717, 1.165) is 25.7 Å². The van der Waals surface area contributed by atoms with E-state index in [9.17, 15) is 9.59 Å². The van der Waals surface area contributed by atoms with E-state index in [-0.39, 0.29) is 17.5 Å². The summed E-state index contributed by atoms with van der Waals surface area (Å²) in [7, 11) is 0. The van der Waals surface area contributed by atoms with Crippen molar-refractivity contribution in [1.29, 1.82) is 0 Å². The Kier molecular flexibility index (Phi) is 3.45. The lowest BCUT2D eigenvalue weighted by Gasteiger charge is -2.09. The molecule has 0 saturated heterocycles. The Morgan fingerprint density at radius 3 is 2.83 bits per heavy atom. The zero-order valence-electron chi connectivity index (χ0n) is 7.64. The Morgan fingerprint density at radius 2 is 2.17 bits per heavy atom. The minimum absolute atomic E-state index is 0.141. The molecule has 0 aliphatic heterocycles. The minimum atomic E-state index is -0.252. The van der Waals surface area contributed by atoms with Gasteiger partial charge in [0, 0.05) is 12.8 Å². The molecule has 0 heterocycles. The van der Waals surface area contributed by atoms with Crippen LogP contribution < -0.4 is 0 Å². The lowest BCUT2D eigenvalue weighted by molar-refractivity contribution is -0.132. The van der Waals surface area contributed by atoms with Crippen molar-refractivity contribution in [1.82, 2.24) is 0 Å². The molecule has 1 rings (SSSR count). The van der Waals surface area contributed by atoms with Crippen molar-refractivity contribution in [2.45, 2.75) is 45.4 Å². The second-order valence-corrected chi connectivity index (χ2v) is 3.44. The van der Waals surface area contributed by atoms with Crippen LogP contribution in [0.3, 0.4) is 0 Å². The van der Waals surface area contributed by atoms with Crippen LogP contribution in [-0.2, 0) is 9.59 Å². The first-order valence-electron chi connectivity index (χ1n) is 4.81. The standard InChI is InChI=1S/C10H16O2/c1-2-9(11)8-6-4-3-5-7-10(8)12/h8H,2-7H2,1H3. The summed E-state index contributed by atoms with van der Waals surface area (Å²) in [5.74, 6) is 0.0683. The minimum Gasteiger partial charge on any atom is -0.299 e. The number of carbonyl (C=O) groups excluding carboxylic acids is 2. The topological polar surface area (TPSA) is 34.1 Å². The molecule has 2 heteroatoms. The largest absolute Gasteiger partial charge is 0.299 e. The maximum Gasteiger partial charge on any atom is 0.143 e. The summed E-state index contributed by atoms with van der Waals surface area (Å²) in [6.07, 6.45) is 5.06. The van der Waals surface area contributed by atoms with Gasteiger partial charge in [0.1, 0.15) is 11.6 Å².